The molecule has 0 saturated carbocycles. The van der Waals surface area contributed by atoms with Crippen molar-refractivity contribution in [3.63, 3.8) is 0 Å². The molecule has 15 heavy (non-hydrogen) atoms. The second kappa shape index (κ2) is 3.23. The van der Waals surface area contributed by atoms with Gasteiger partial charge in [-0.1, -0.05) is 12.1 Å². The number of nitrogens with two attached hydrogens (primary N) is 2. The van der Waals surface area contributed by atoms with Gasteiger partial charge in [0, 0.05) is 5.56 Å². The van der Waals surface area contributed by atoms with E-state index in [1.807, 2.05) is 0 Å². The molecule has 2 aromatic rings. The lowest BCUT2D eigenvalue weighted by molar-refractivity contribution is 0.619. The Morgan fingerprint density at radius 2 is 2.07 bits per heavy atom. The van der Waals surface area contributed by atoms with Crippen LogP contribution >= 0.6 is 0 Å². The Balaban J connectivity index is 2.55. The van der Waals surface area contributed by atoms with Crippen LogP contribution in [0.1, 0.15) is 5.56 Å². The van der Waals surface area contributed by atoms with Crippen molar-refractivity contribution in [1.82, 2.24) is 14.9 Å². The molecule has 0 aliphatic heterocycles. The van der Waals surface area contributed by atoms with Gasteiger partial charge in [0.05, 0.1) is 0 Å². The molecule has 0 radical (unpaired) electrons. The summed E-state index contributed by atoms with van der Waals surface area (Å²) in [6.07, 6.45) is 0. The summed E-state index contributed by atoms with van der Waals surface area (Å²) >= 11 is 0. The quantitative estimate of drug-likeness (QED) is 0.674. The average molecular weight is 207 g/mol. The number of aromatic nitrogens is 3. The van der Waals surface area contributed by atoms with Gasteiger partial charge in [-0.05, 0) is 18.6 Å². The zero-order valence-electron chi connectivity index (χ0n) is 8.11. The molecule has 0 spiro atoms. The van der Waals surface area contributed by atoms with E-state index in [0.29, 0.717) is 17.0 Å². The fraction of sp³-hybridized carbons (Fsp3) is 0.111. The van der Waals surface area contributed by atoms with Crippen LogP contribution in [0.3, 0.4) is 0 Å². The second-order valence-electron chi connectivity index (χ2n) is 3.22. The average Bonchev–Trinajstić information content (AvgIpc) is 2.53. The summed E-state index contributed by atoms with van der Waals surface area (Å²) in [5.41, 5.74) is 6.53. The van der Waals surface area contributed by atoms with Crippen molar-refractivity contribution in [3.8, 4) is 11.4 Å². The summed E-state index contributed by atoms with van der Waals surface area (Å²) in [4.78, 5) is 0. The summed E-state index contributed by atoms with van der Waals surface area (Å²) in [5.74, 6) is 5.68. The molecule has 4 N–H and O–H groups in total. The van der Waals surface area contributed by atoms with E-state index >= 15 is 0 Å². The third-order valence-corrected chi connectivity index (χ3v) is 2.15. The van der Waals surface area contributed by atoms with Crippen molar-refractivity contribution in [2.24, 2.45) is 0 Å². The Labute approximate surface area is 85.5 Å². The van der Waals surface area contributed by atoms with Crippen LogP contribution in [0.15, 0.2) is 18.2 Å². The first-order valence-electron chi connectivity index (χ1n) is 4.32. The molecule has 78 valence electrons. The minimum absolute atomic E-state index is 0.0889. The highest BCUT2D eigenvalue weighted by Gasteiger charge is 2.10. The van der Waals surface area contributed by atoms with Gasteiger partial charge in [-0.3, -0.25) is 0 Å². The monoisotopic (exact) mass is 207 g/mol. The van der Waals surface area contributed by atoms with Gasteiger partial charge in [-0.25, -0.2) is 9.07 Å². The Morgan fingerprint density at radius 3 is 2.60 bits per heavy atom. The Morgan fingerprint density at radius 1 is 1.33 bits per heavy atom. The minimum Gasteiger partial charge on any atom is -0.366 e. The first-order chi connectivity index (χ1) is 7.09. The van der Waals surface area contributed by atoms with Crippen molar-refractivity contribution >= 4 is 5.95 Å². The Hall–Kier alpha value is -2.11. The largest absolute Gasteiger partial charge is 0.366 e. The van der Waals surface area contributed by atoms with Crippen LogP contribution in [0.4, 0.5) is 10.3 Å². The summed E-state index contributed by atoms with van der Waals surface area (Å²) in [6.45, 7) is 1.68. The highest BCUT2D eigenvalue weighted by molar-refractivity contribution is 5.57. The molecule has 0 aliphatic rings. The smallest absolute Gasteiger partial charge is 0.241 e. The number of nitrogen functional groups attached to an aromatic ring is 2. The summed E-state index contributed by atoms with van der Waals surface area (Å²) in [5, 5.41) is 7.34. The number of nitrogens with zero attached hydrogens (tertiary/aromatic N) is 3. The van der Waals surface area contributed by atoms with E-state index in [1.54, 1.807) is 19.1 Å². The van der Waals surface area contributed by atoms with Crippen LogP contribution in [0.25, 0.3) is 11.4 Å². The van der Waals surface area contributed by atoms with Gasteiger partial charge < -0.3 is 11.6 Å². The topological polar surface area (TPSA) is 82.8 Å². The number of rotatable bonds is 1. The number of aryl methyl sites for hydroxylation is 1. The summed E-state index contributed by atoms with van der Waals surface area (Å²) in [7, 11) is 0. The van der Waals surface area contributed by atoms with Crippen molar-refractivity contribution < 1.29 is 4.39 Å². The first-order valence-corrected chi connectivity index (χ1v) is 4.32. The Bertz CT molecular complexity index is 505. The van der Waals surface area contributed by atoms with E-state index in [9.17, 15) is 4.39 Å². The standard InChI is InChI=1S/C9H10FN5/c1-5-2-3-6(4-7(5)10)8-13-14-9(11)15(8)12/h2-4H,12H2,1H3,(H2,11,14). The van der Waals surface area contributed by atoms with Gasteiger partial charge in [0.2, 0.25) is 5.95 Å². The number of anilines is 1. The molecule has 1 aromatic carbocycles. The predicted octanol–water partition coefficient (Wildman–Crippen LogP) is 0.689. The van der Waals surface area contributed by atoms with Crippen LogP contribution in [-0.2, 0) is 0 Å². The lowest BCUT2D eigenvalue weighted by atomic mass is 10.1. The molecule has 0 atom stereocenters. The van der Waals surface area contributed by atoms with Crippen LogP contribution in [0.2, 0.25) is 0 Å². The van der Waals surface area contributed by atoms with Crippen LogP contribution in [-0.4, -0.2) is 14.9 Å². The van der Waals surface area contributed by atoms with E-state index in [4.69, 9.17) is 11.6 Å². The molecule has 0 fully saturated rings. The molecule has 0 saturated heterocycles. The molecule has 5 nitrogen and oxygen atoms in total. The SMILES string of the molecule is Cc1ccc(-c2nnc(N)n2N)cc1F. The lowest BCUT2D eigenvalue weighted by Crippen LogP contribution is -2.13. The number of hydrogen-bond acceptors (Lipinski definition) is 4. The molecular weight excluding hydrogens is 197 g/mol. The van der Waals surface area contributed by atoms with Gasteiger partial charge in [0.15, 0.2) is 5.82 Å². The molecule has 0 amide bonds. The van der Waals surface area contributed by atoms with E-state index in [-0.39, 0.29) is 11.8 Å². The van der Waals surface area contributed by atoms with Crippen LogP contribution in [0.5, 0.6) is 0 Å². The molecule has 0 bridgehead atoms. The number of halogens is 1. The van der Waals surface area contributed by atoms with E-state index in [1.165, 1.54) is 6.07 Å². The van der Waals surface area contributed by atoms with E-state index in [2.05, 4.69) is 10.2 Å². The zero-order valence-corrected chi connectivity index (χ0v) is 8.11. The maximum absolute atomic E-state index is 13.3. The zero-order chi connectivity index (χ0) is 11.0. The molecule has 0 aliphatic carbocycles. The van der Waals surface area contributed by atoms with Gasteiger partial charge in [0.25, 0.3) is 0 Å². The predicted molar refractivity (Wildman–Crippen MR) is 54.7 cm³/mol. The first kappa shape index (κ1) is 9.45. The van der Waals surface area contributed by atoms with E-state index < -0.39 is 0 Å². The van der Waals surface area contributed by atoms with E-state index in [0.717, 1.165) is 4.68 Å². The number of hydrogen-bond donors (Lipinski definition) is 2. The van der Waals surface area contributed by atoms with Crippen molar-refractivity contribution in [1.29, 1.82) is 0 Å². The highest BCUT2D eigenvalue weighted by atomic mass is 19.1. The van der Waals surface area contributed by atoms with Crippen molar-refractivity contribution in [2.75, 3.05) is 11.6 Å². The van der Waals surface area contributed by atoms with Gasteiger partial charge >= 0.3 is 0 Å². The maximum Gasteiger partial charge on any atom is 0.241 e. The third-order valence-electron chi connectivity index (χ3n) is 2.15. The molecular formula is C9H10FN5. The van der Waals surface area contributed by atoms with Gasteiger partial charge in [-0.15, -0.1) is 10.2 Å². The van der Waals surface area contributed by atoms with Crippen LogP contribution in [0, 0.1) is 12.7 Å². The van der Waals surface area contributed by atoms with Gasteiger partial charge in [0.1, 0.15) is 5.82 Å². The second-order valence-corrected chi connectivity index (χ2v) is 3.22. The fourth-order valence-corrected chi connectivity index (χ4v) is 1.23. The molecule has 1 heterocycles. The fourth-order valence-electron chi connectivity index (χ4n) is 1.23. The Kier molecular flexibility index (Phi) is 2.03. The number of benzene rings is 1. The summed E-state index contributed by atoms with van der Waals surface area (Å²) in [6, 6.07) is 4.71. The molecule has 1 aromatic heterocycles. The highest BCUT2D eigenvalue weighted by Crippen LogP contribution is 2.19. The van der Waals surface area contributed by atoms with Crippen LogP contribution < -0.4 is 11.6 Å². The maximum atomic E-state index is 13.3. The molecule has 0 unspecified atom stereocenters. The van der Waals surface area contributed by atoms with Gasteiger partial charge in [-0.2, -0.15) is 0 Å². The summed E-state index contributed by atoms with van der Waals surface area (Å²) < 4.78 is 14.4. The normalized spacial score (nSPS) is 10.5. The third kappa shape index (κ3) is 1.50. The van der Waals surface area contributed by atoms with Crippen molar-refractivity contribution in [2.45, 2.75) is 6.92 Å². The minimum atomic E-state index is -0.311. The van der Waals surface area contributed by atoms with Crippen molar-refractivity contribution in [3.05, 3.63) is 29.6 Å². The molecule has 6 heteroatoms. The lowest BCUT2D eigenvalue weighted by Gasteiger charge is -2.02. The molecule has 2 rings (SSSR count).